The zero-order valence-corrected chi connectivity index (χ0v) is 19.5. The number of rotatable bonds is 9. The molecular formula is C24H31N3O4S. The normalized spacial score (nSPS) is 14.4. The third-order valence-electron chi connectivity index (χ3n) is 5.56. The highest BCUT2D eigenvalue weighted by atomic mass is 32.1. The number of thiophene rings is 1. The number of carbonyl (C=O) groups is 3. The third kappa shape index (κ3) is 6.17. The number of likely N-dealkylation sites (tertiary alicyclic amines) is 1. The molecule has 7 nitrogen and oxygen atoms in total. The van der Waals surface area contributed by atoms with Gasteiger partial charge in [-0.15, -0.1) is 11.3 Å². The van der Waals surface area contributed by atoms with E-state index in [0.717, 1.165) is 25.8 Å². The van der Waals surface area contributed by atoms with Crippen molar-refractivity contribution in [3.8, 4) is 0 Å². The SMILES string of the molecule is CCCN(CC(=O)Nc1sccc1C(=O)OCC)C1CCN(C(=O)c2ccccc2)CC1. The van der Waals surface area contributed by atoms with Crippen LogP contribution >= 0.6 is 11.3 Å². The van der Waals surface area contributed by atoms with Crippen molar-refractivity contribution in [3.63, 3.8) is 0 Å². The first-order valence-corrected chi connectivity index (χ1v) is 12.0. The second kappa shape index (κ2) is 11.8. The summed E-state index contributed by atoms with van der Waals surface area (Å²) in [5, 5.41) is 5.17. The van der Waals surface area contributed by atoms with Crippen LogP contribution in [0.2, 0.25) is 0 Å². The molecule has 0 unspecified atom stereocenters. The first kappa shape index (κ1) is 23.9. The molecule has 1 aromatic heterocycles. The Balaban J connectivity index is 1.56. The Hall–Kier alpha value is -2.71. The van der Waals surface area contributed by atoms with E-state index in [9.17, 15) is 14.4 Å². The highest BCUT2D eigenvalue weighted by Crippen LogP contribution is 2.25. The average molecular weight is 458 g/mol. The van der Waals surface area contributed by atoms with Crippen molar-refractivity contribution in [1.82, 2.24) is 9.80 Å². The first-order valence-electron chi connectivity index (χ1n) is 11.2. The third-order valence-corrected chi connectivity index (χ3v) is 6.39. The van der Waals surface area contributed by atoms with Crippen LogP contribution < -0.4 is 5.32 Å². The number of carbonyl (C=O) groups excluding carboxylic acids is 3. The Bertz CT molecular complexity index is 907. The van der Waals surface area contributed by atoms with Crippen molar-refractivity contribution in [2.24, 2.45) is 0 Å². The minimum Gasteiger partial charge on any atom is -0.462 e. The number of anilines is 1. The van der Waals surface area contributed by atoms with Gasteiger partial charge in [0.05, 0.1) is 18.7 Å². The van der Waals surface area contributed by atoms with Crippen LogP contribution in [-0.4, -0.2) is 66.4 Å². The van der Waals surface area contributed by atoms with Crippen LogP contribution in [0.1, 0.15) is 53.8 Å². The molecule has 1 saturated heterocycles. The van der Waals surface area contributed by atoms with E-state index < -0.39 is 5.97 Å². The Morgan fingerprint density at radius 2 is 1.84 bits per heavy atom. The Morgan fingerprint density at radius 3 is 2.50 bits per heavy atom. The smallest absolute Gasteiger partial charge is 0.341 e. The maximum atomic E-state index is 12.8. The van der Waals surface area contributed by atoms with Crippen LogP contribution in [0.25, 0.3) is 0 Å². The lowest BCUT2D eigenvalue weighted by Crippen LogP contribution is -2.49. The van der Waals surface area contributed by atoms with Gasteiger partial charge in [0.25, 0.3) is 5.91 Å². The molecule has 3 rings (SSSR count). The van der Waals surface area contributed by atoms with Gasteiger partial charge in [0.1, 0.15) is 5.00 Å². The summed E-state index contributed by atoms with van der Waals surface area (Å²) < 4.78 is 5.06. The van der Waals surface area contributed by atoms with Crippen LogP contribution in [0, 0.1) is 0 Å². The van der Waals surface area contributed by atoms with E-state index in [1.54, 1.807) is 18.4 Å². The van der Waals surface area contributed by atoms with Gasteiger partial charge in [-0.05, 0) is 56.3 Å². The van der Waals surface area contributed by atoms with E-state index in [0.29, 0.717) is 29.2 Å². The Labute approximate surface area is 193 Å². The lowest BCUT2D eigenvalue weighted by atomic mass is 10.0. The largest absolute Gasteiger partial charge is 0.462 e. The van der Waals surface area contributed by atoms with Gasteiger partial charge in [0.2, 0.25) is 5.91 Å². The summed E-state index contributed by atoms with van der Waals surface area (Å²) in [6.07, 6.45) is 2.60. The molecule has 32 heavy (non-hydrogen) atoms. The zero-order valence-electron chi connectivity index (χ0n) is 18.7. The van der Waals surface area contributed by atoms with Crippen molar-refractivity contribution in [2.45, 2.75) is 39.2 Å². The molecule has 1 aromatic carbocycles. The van der Waals surface area contributed by atoms with Crippen LogP contribution in [0.5, 0.6) is 0 Å². The summed E-state index contributed by atoms with van der Waals surface area (Å²) in [5.41, 5.74) is 1.10. The fourth-order valence-corrected chi connectivity index (χ4v) is 4.79. The summed E-state index contributed by atoms with van der Waals surface area (Å²) >= 11 is 1.31. The van der Waals surface area contributed by atoms with Gasteiger partial charge in [0.15, 0.2) is 0 Å². The molecule has 0 aliphatic carbocycles. The molecule has 1 N–H and O–H groups in total. The molecular weight excluding hydrogens is 426 g/mol. The van der Waals surface area contributed by atoms with Crippen molar-refractivity contribution >= 4 is 34.1 Å². The molecule has 0 saturated carbocycles. The van der Waals surface area contributed by atoms with Gasteiger partial charge in [0, 0.05) is 24.7 Å². The predicted molar refractivity (Wildman–Crippen MR) is 126 cm³/mol. The van der Waals surface area contributed by atoms with Crippen LogP contribution in [0.15, 0.2) is 41.8 Å². The topological polar surface area (TPSA) is 79.0 Å². The maximum Gasteiger partial charge on any atom is 0.341 e. The van der Waals surface area contributed by atoms with Gasteiger partial charge in [-0.25, -0.2) is 4.79 Å². The van der Waals surface area contributed by atoms with E-state index in [-0.39, 0.29) is 31.0 Å². The molecule has 8 heteroatoms. The second-order valence-corrected chi connectivity index (χ2v) is 8.71. The number of benzene rings is 1. The Morgan fingerprint density at radius 1 is 1.12 bits per heavy atom. The standard InChI is InChI=1S/C24H31N3O4S/c1-3-13-27(17-21(28)25-22-20(12-16-32-22)24(30)31-4-2)19-10-14-26(15-11-19)23(29)18-8-6-5-7-9-18/h5-9,12,16,19H,3-4,10-11,13-15,17H2,1-2H3,(H,25,28). The molecule has 2 heterocycles. The molecule has 2 aromatic rings. The van der Waals surface area contributed by atoms with Gasteiger partial charge >= 0.3 is 5.97 Å². The molecule has 0 bridgehead atoms. The molecule has 2 amide bonds. The maximum absolute atomic E-state index is 12.8. The number of nitrogens with one attached hydrogen (secondary N) is 1. The fourth-order valence-electron chi connectivity index (χ4n) is 4.00. The van der Waals surface area contributed by atoms with Crippen LogP contribution in [0.3, 0.4) is 0 Å². The van der Waals surface area contributed by atoms with Gasteiger partial charge < -0.3 is 15.0 Å². The molecule has 172 valence electrons. The molecule has 1 fully saturated rings. The summed E-state index contributed by atoms with van der Waals surface area (Å²) in [6.45, 7) is 6.56. The van der Waals surface area contributed by atoms with Crippen LogP contribution in [-0.2, 0) is 9.53 Å². The summed E-state index contributed by atoms with van der Waals surface area (Å²) in [6, 6.07) is 11.3. The highest BCUT2D eigenvalue weighted by Gasteiger charge is 2.28. The van der Waals surface area contributed by atoms with E-state index >= 15 is 0 Å². The van der Waals surface area contributed by atoms with E-state index in [1.807, 2.05) is 35.2 Å². The number of piperidine rings is 1. The number of esters is 1. The van der Waals surface area contributed by atoms with Crippen molar-refractivity contribution in [1.29, 1.82) is 0 Å². The molecule has 0 radical (unpaired) electrons. The van der Waals surface area contributed by atoms with Gasteiger partial charge in [-0.1, -0.05) is 25.1 Å². The fraction of sp³-hybridized carbons (Fsp3) is 0.458. The van der Waals surface area contributed by atoms with Gasteiger partial charge in [-0.3, -0.25) is 14.5 Å². The number of nitrogens with zero attached hydrogens (tertiary/aromatic N) is 2. The first-order chi connectivity index (χ1) is 15.5. The lowest BCUT2D eigenvalue weighted by molar-refractivity contribution is -0.118. The monoisotopic (exact) mass is 457 g/mol. The number of amides is 2. The van der Waals surface area contributed by atoms with Gasteiger partial charge in [-0.2, -0.15) is 0 Å². The van der Waals surface area contributed by atoms with Crippen molar-refractivity contribution in [2.75, 3.05) is 38.1 Å². The second-order valence-electron chi connectivity index (χ2n) is 7.79. The minimum absolute atomic E-state index is 0.0630. The average Bonchev–Trinajstić information content (AvgIpc) is 3.27. The summed E-state index contributed by atoms with van der Waals surface area (Å²) in [7, 11) is 0. The Kier molecular flexibility index (Phi) is 8.81. The summed E-state index contributed by atoms with van der Waals surface area (Å²) in [4.78, 5) is 41.6. The predicted octanol–water partition coefficient (Wildman–Crippen LogP) is 3.88. The number of hydrogen-bond acceptors (Lipinski definition) is 6. The minimum atomic E-state index is -0.426. The highest BCUT2D eigenvalue weighted by molar-refractivity contribution is 7.14. The molecule has 1 aliphatic heterocycles. The van der Waals surface area contributed by atoms with Crippen LogP contribution in [0.4, 0.5) is 5.00 Å². The van der Waals surface area contributed by atoms with E-state index in [4.69, 9.17) is 4.74 Å². The quantitative estimate of drug-likeness (QED) is 0.578. The molecule has 1 aliphatic rings. The lowest BCUT2D eigenvalue weighted by Gasteiger charge is -2.38. The summed E-state index contributed by atoms with van der Waals surface area (Å²) in [5.74, 6) is -0.507. The molecule has 0 atom stereocenters. The number of ether oxygens (including phenoxy) is 1. The van der Waals surface area contributed by atoms with Crippen molar-refractivity contribution in [3.05, 3.63) is 52.9 Å². The molecule has 0 spiro atoms. The van der Waals surface area contributed by atoms with Crippen molar-refractivity contribution < 1.29 is 19.1 Å². The number of hydrogen-bond donors (Lipinski definition) is 1. The zero-order chi connectivity index (χ0) is 22.9. The van der Waals surface area contributed by atoms with E-state index in [1.165, 1.54) is 11.3 Å². The van der Waals surface area contributed by atoms with E-state index in [2.05, 4.69) is 17.1 Å².